The first kappa shape index (κ1) is 21.8. The van der Waals surface area contributed by atoms with Crippen molar-refractivity contribution in [1.82, 2.24) is 5.32 Å². The van der Waals surface area contributed by atoms with Crippen molar-refractivity contribution in [3.05, 3.63) is 69.7 Å². The molecule has 0 aromatic heterocycles. The number of nitrogens with one attached hydrogen (secondary N) is 1. The lowest BCUT2D eigenvalue weighted by Crippen LogP contribution is -2.37. The summed E-state index contributed by atoms with van der Waals surface area (Å²) in [5, 5.41) is 14.6. The number of hydrogen-bond acceptors (Lipinski definition) is 4. The average Bonchev–Trinajstić information content (AvgIpc) is 2.72. The van der Waals surface area contributed by atoms with Crippen molar-refractivity contribution in [2.45, 2.75) is 57.6 Å². The molecule has 0 radical (unpaired) electrons. The zero-order chi connectivity index (χ0) is 20.6. The van der Waals surface area contributed by atoms with Crippen molar-refractivity contribution >= 4 is 17.6 Å². The lowest BCUT2D eigenvalue weighted by molar-refractivity contribution is -0.143. The quantitative estimate of drug-likeness (QED) is 0.596. The van der Waals surface area contributed by atoms with Crippen molar-refractivity contribution in [3.63, 3.8) is 0 Å². The Balaban J connectivity index is 1.50. The van der Waals surface area contributed by atoms with Crippen LogP contribution in [0.25, 0.3) is 0 Å². The van der Waals surface area contributed by atoms with Crippen molar-refractivity contribution in [2.75, 3.05) is 13.2 Å². The fourth-order valence-electron chi connectivity index (χ4n) is 3.92. The fourth-order valence-corrected chi connectivity index (χ4v) is 4.12. The second-order valence-corrected chi connectivity index (χ2v) is 8.12. The molecule has 2 atom stereocenters. The molecule has 5 heteroatoms. The molecule has 0 fully saturated rings. The van der Waals surface area contributed by atoms with Crippen LogP contribution in [-0.2, 0) is 28.8 Å². The molecule has 3 rings (SSSR count). The average molecular weight is 416 g/mol. The Morgan fingerprint density at radius 1 is 1.28 bits per heavy atom. The first-order valence-electron chi connectivity index (χ1n) is 10.5. The lowest BCUT2D eigenvalue weighted by Gasteiger charge is -2.27. The molecular formula is C24H30ClNO3. The maximum absolute atomic E-state index is 11.5. The SMILES string of the molecule is CCOC(=O)CCCc1ccc2c(c1)CC(NCC(O)c1cccc(Cl)c1)CC2. The van der Waals surface area contributed by atoms with Gasteiger partial charge in [0.25, 0.3) is 0 Å². The van der Waals surface area contributed by atoms with E-state index in [-0.39, 0.29) is 5.97 Å². The van der Waals surface area contributed by atoms with Crippen LogP contribution in [0.2, 0.25) is 5.02 Å². The molecule has 0 spiro atoms. The summed E-state index contributed by atoms with van der Waals surface area (Å²) in [5.41, 5.74) is 4.89. The molecule has 2 aromatic carbocycles. The van der Waals surface area contributed by atoms with Gasteiger partial charge in [0.05, 0.1) is 12.7 Å². The number of rotatable bonds is 9. The molecule has 0 saturated carbocycles. The normalized spacial score (nSPS) is 16.9. The first-order valence-corrected chi connectivity index (χ1v) is 10.9. The number of fused-ring (bicyclic) bond motifs is 1. The molecule has 0 bridgehead atoms. The van der Waals surface area contributed by atoms with Crippen LogP contribution in [0.3, 0.4) is 0 Å². The lowest BCUT2D eigenvalue weighted by atomic mass is 9.86. The Labute approximate surface area is 178 Å². The van der Waals surface area contributed by atoms with Gasteiger partial charge in [0, 0.05) is 24.0 Å². The molecule has 2 N–H and O–H groups in total. The number of esters is 1. The molecule has 1 aliphatic rings. The van der Waals surface area contributed by atoms with Crippen LogP contribution in [0.1, 0.15) is 54.5 Å². The second kappa shape index (κ2) is 10.8. The van der Waals surface area contributed by atoms with Gasteiger partial charge in [-0.1, -0.05) is 41.9 Å². The van der Waals surface area contributed by atoms with Crippen molar-refractivity contribution in [1.29, 1.82) is 0 Å². The Bertz CT molecular complexity index is 824. The van der Waals surface area contributed by atoms with Crippen molar-refractivity contribution in [3.8, 4) is 0 Å². The van der Waals surface area contributed by atoms with Crippen LogP contribution < -0.4 is 5.32 Å². The Morgan fingerprint density at radius 3 is 2.93 bits per heavy atom. The van der Waals surface area contributed by atoms with Crippen LogP contribution in [0, 0.1) is 0 Å². The minimum atomic E-state index is -0.565. The number of benzene rings is 2. The molecule has 0 heterocycles. The third kappa shape index (κ3) is 6.56. The number of carbonyl (C=O) groups excluding carboxylic acids is 1. The topological polar surface area (TPSA) is 58.6 Å². The van der Waals surface area contributed by atoms with Crippen molar-refractivity contribution in [2.24, 2.45) is 0 Å². The summed E-state index contributed by atoms with van der Waals surface area (Å²) in [7, 11) is 0. The number of ether oxygens (including phenoxy) is 1. The predicted octanol–water partition coefficient (Wildman–Crippen LogP) is 4.41. The summed E-state index contributed by atoms with van der Waals surface area (Å²) in [6.07, 6.45) is 4.67. The standard InChI is InChI=1S/C24H30ClNO3/c1-2-29-24(28)8-3-5-17-9-10-18-11-12-22(15-20(18)13-17)26-16-23(27)19-6-4-7-21(25)14-19/h4,6-7,9-10,13-14,22-23,26-27H,2-3,5,8,11-12,15-16H2,1H3. The molecule has 0 aliphatic heterocycles. The van der Waals surface area contributed by atoms with Gasteiger partial charge < -0.3 is 15.2 Å². The van der Waals surface area contributed by atoms with Gasteiger partial charge in [-0.15, -0.1) is 0 Å². The highest BCUT2D eigenvalue weighted by atomic mass is 35.5. The van der Waals surface area contributed by atoms with Crippen LogP contribution in [0.4, 0.5) is 0 Å². The van der Waals surface area contributed by atoms with E-state index in [9.17, 15) is 9.90 Å². The summed E-state index contributed by atoms with van der Waals surface area (Å²) in [5.74, 6) is -0.118. The van der Waals surface area contributed by atoms with Crippen LogP contribution in [0.5, 0.6) is 0 Å². The maximum Gasteiger partial charge on any atom is 0.305 e. The summed E-state index contributed by atoms with van der Waals surface area (Å²) in [6, 6.07) is 14.4. The minimum absolute atomic E-state index is 0.118. The summed E-state index contributed by atoms with van der Waals surface area (Å²) < 4.78 is 4.99. The summed E-state index contributed by atoms with van der Waals surface area (Å²) in [4.78, 5) is 11.5. The van der Waals surface area contributed by atoms with Gasteiger partial charge in [-0.3, -0.25) is 4.79 Å². The number of aliphatic hydroxyl groups is 1. The zero-order valence-electron chi connectivity index (χ0n) is 17.0. The van der Waals surface area contributed by atoms with E-state index in [0.29, 0.717) is 30.6 Å². The number of hydrogen-bond donors (Lipinski definition) is 2. The number of aliphatic hydroxyl groups excluding tert-OH is 1. The molecule has 4 nitrogen and oxygen atoms in total. The van der Waals surface area contributed by atoms with Gasteiger partial charge in [0.1, 0.15) is 0 Å². The Hall–Kier alpha value is -1.88. The maximum atomic E-state index is 11.5. The highest BCUT2D eigenvalue weighted by molar-refractivity contribution is 6.30. The highest BCUT2D eigenvalue weighted by Gasteiger charge is 2.20. The summed E-state index contributed by atoms with van der Waals surface area (Å²) >= 11 is 6.02. The van der Waals surface area contributed by atoms with Crippen LogP contribution in [0.15, 0.2) is 42.5 Å². The summed E-state index contributed by atoms with van der Waals surface area (Å²) in [6.45, 7) is 2.79. The molecule has 2 aromatic rings. The molecule has 156 valence electrons. The second-order valence-electron chi connectivity index (χ2n) is 7.68. The zero-order valence-corrected chi connectivity index (χ0v) is 17.8. The van der Waals surface area contributed by atoms with E-state index in [1.807, 2.05) is 31.2 Å². The van der Waals surface area contributed by atoms with Gasteiger partial charge in [-0.25, -0.2) is 0 Å². The monoisotopic (exact) mass is 415 g/mol. The molecule has 1 aliphatic carbocycles. The van der Waals surface area contributed by atoms with E-state index >= 15 is 0 Å². The third-order valence-corrected chi connectivity index (χ3v) is 5.72. The van der Waals surface area contributed by atoms with E-state index in [1.54, 1.807) is 0 Å². The van der Waals surface area contributed by atoms with Gasteiger partial charge in [0.2, 0.25) is 0 Å². The van der Waals surface area contributed by atoms with Gasteiger partial charge in [-0.05, 0) is 73.4 Å². The van der Waals surface area contributed by atoms with E-state index < -0.39 is 6.10 Å². The molecule has 0 amide bonds. The largest absolute Gasteiger partial charge is 0.466 e. The van der Waals surface area contributed by atoms with Crippen LogP contribution >= 0.6 is 11.6 Å². The van der Waals surface area contributed by atoms with E-state index in [2.05, 4.69) is 23.5 Å². The van der Waals surface area contributed by atoms with E-state index in [4.69, 9.17) is 16.3 Å². The van der Waals surface area contributed by atoms with E-state index in [1.165, 1.54) is 16.7 Å². The van der Waals surface area contributed by atoms with Gasteiger partial charge in [-0.2, -0.15) is 0 Å². The highest BCUT2D eigenvalue weighted by Crippen LogP contribution is 2.24. The third-order valence-electron chi connectivity index (χ3n) is 5.48. The van der Waals surface area contributed by atoms with Crippen LogP contribution in [-0.4, -0.2) is 30.3 Å². The molecular weight excluding hydrogens is 386 g/mol. The first-order chi connectivity index (χ1) is 14.0. The molecule has 29 heavy (non-hydrogen) atoms. The predicted molar refractivity (Wildman–Crippen MR) is 116 cm³/mol. The number of halogens is 1. The van der Waals surface area contributed by atoms with E-state index in [0.717, 1.165) is 37.7 Å². The Kier molecular flexibility index (Phi) is 8.10. The molecule has 0 saturated heterocycles. The number of carbonyl (C=O) groups is 1. The number of aryl methyl sites for hydroxylation is 2. The van der Waals surface area contributed by atoms with Crippen molar-refractivity contribution < 1.29 is 14.6 Å². The van der Waals surface area contributed by atoms with Gasteiger partial charge >= 0.3 is 5.97 Å². The fraction of sp³-hybridized carbons (Fsp3) is 0.458. The smallest absolute Gasteiger partial charge is 0.305 e. The van der Waals surface area contributed by atoms with Gasteiger partial charge in [0.15, 0.2) is 0 Å². The molecule has 2 unspecified atom stereocenters. The minimum Gasteiger partial charge on any atom is -0.466 e. The Morgan fingerprint density at radius 2 is 2.14 bits per heavy atom.